The first kappa shape index (κ1) is 15.6. The number of hydrogen-bond acceptors (Lipinski definition) is 2. The smallest absolute Gasteiger partial charge is 0.127 e. The third-order valence-corrected chi connectivity index (χ3v) is 4.15. The maximum atomic E-state index is 11.5. The van der Waals surface area contributed by atoms with E-state index in [-0.39, 0.29) is 5.41 Å². The molecule has 0 amide bonds. The summed E-state index contributed by atoms with van der Waals surface area (Å²) in [5.74, 6) is 0. The Morgan fingerprint density at radius 3 is 2.48 bits per heavy atom. The molecule has 2 nitrogen and oxygen atoms in total. The molecule has 0 spiro atoms. The van der Waals surface area contributed by atoms with Crippen LogP contribution in [0.15, 0.2) is 42.5 Å². The Kier molecular flexibility index (Phi) is 5.00. The van der Waals surface area contributed by atoms with Crippen molar-refractivity contribution in [3.05, 3.63) is 42.5 Å². The number of hydrogen-bond donors (Lipinski definition) is 0. The Labute approximate surface area is 127 Å². The largest absolute Gasteiger partial charge is 0.370 e. The van der Waals surface area contributed by atoms with Gasteiger partial charge in [-0.3, -0.25) is 0 Å². The number of carbonyl (C=O) groups excluding carboxylic acids is 1. The molecule has 1 unspecified atom stereocenters. The SMILES string of the molecule is CCCC(C)(C=O)CN(CC)c1cccc2ccccc12. The molecule has 0 aliphatic heterocycles. The lowest BCUT2D eigenvalue weighted by Gasteiger charge is -2.33. The summed E-state index contributed by atoms with van der Waals surface area (Å²) in [7, 11) is 0. The molecular weight excluding hydrogens is 258 g/mol. The van der Waals surface area contributed by atoms with Crippen LogP contribution in [0.4, 0.5) is 5.69 Å². The lowest BCUT2D eigenvalue weighted by Crippen LogP contribution is -2.37. The Morgan fingerprint density at radius 1 is 1.10 bits per heavy atom. The lowest BCUT2D eigenvalue weighted by atomic mass is 9.86. The normalized spacial score (nSPS) is 13.9. The van der Waals surface area contributed by atoms with Crippen molar-refractivity contribution in [3.8, 4) is 0 Å². The molecule has 1 atom stereocenters. The van der Waals surface area contributed by atoms with Crippen LogP contribution in [-0.2, 0) is 4.79 Å². The van der Waals surface area contributed by atoms with Crippen molar-refractivity contribution < 1.29 is 4.79 Å². The molecule has 0 aromatic heterocycles. The summed E-state index contributed by atoms with van der Waals surface area (Å²) in [6.07, 6.45) is 3.09. The van der Waals surface area contributed by atoms with Crippen molar-refractivity contribution in [3.63, 3.8) is 0 Å². The molecule has 2 rings (SSSR count). The number of aldehydes is 1. The van der Waals surface area contributed by atoms with Gasteiger partial charge in [0.2, 0.25) is 0 Å². The fourth-order valence-corrected chi connectivity index (χ4v) is 3.03. The number of carbonyl (C=O) groups is 1. The molecule has 2 heteroatoms. The van der Waals surface area contributed by atoms with Gasteiger partial charge < -0.3 is 9.69 Å². The first-order valence-corrected chi connectivity index (χ1v) is 7.82. The van der Waals surface area contributed by atoms with Gasteiger partial charge in [0.25, 0.3) is 0 Å². The summed E-state index contributed by atoms with van der Waals surface area (Å²) in [6, 6.07) is 14.8. The molecule has 0 heterocycles. The number of anilines is 1. The summed E-state index contributed by atoms with van der Waals surface area (Å²) in [4.78, 5) is 13.9. The second-order valence-corrected chi connectivity index (χ2v) is 6.03. The van der Waals surface area contributed by atoms with Gasteiger partial charge in [-0.25, -0.2) is 0 Å². The third-order valence-electron chi connectivity index (χ3n) is 4.15. The number of rotatable bonds is 7. The molecule has 0 aliphatic carbocycles. The fraction of sp³-hybridized carbons (Fsp3) is 0.421. The minimum atomic E-state index is -0.276. The summed E-state index contributed by atoms with van der Waals surface area (Å²) < 4.78 is 0. The predicted molar refractivity (Wildman–Crippen MR) is 90.9 cm³/mol. The van der Waals surface area contributed by atoms with Crippen molar-refractivity contribution in [2.24, 2.45) is 5.41 Å². The van der Waals surface area contributed by atoms with Gasteiger partial charge in [-0.2, -0.15) is 0 Å². The predicted octanol–water partition coefficient (Wildman–Crippen LogP) is 4.67. The third kappa shape index (κ3) is 3.44. The van der Waals surface area contributed by atoms with Crippen LogP contribution in [0.5, 0.6) is 0 Å². The van der Waals surface area contributed by atoms with Crippen LogP contribution in [0, 0.1) is 5.41 Å². The average molecular weight is 283 g/mol. The molecule has 0 aliphatic rings. The maximum absolute atomic E-state index is 11.5. The highest BCUT2D eigenvalue weighted by atomic mass is 16.1. The molecule has 2 aromatic rings. The van der Waals surface area contributed by atoms with E-state index >= 15 is 0 Å². The molecule has 2 aromatic carbocycles. The van der Waals surface area contributed by atoms with E-state index in [1.807, 2.05) is 0 Å². The summed E-state index contributed by atoms with van der Waals surface area (Å²) >= 11 is 0. The number of fused-ring (bicyclic) bond motifs is 1. The number of nitrogens with zero attached hydrogens (tertiary/aromatic N) is 1. The maximum Gasteiger partial charge on any atom is 0.127 e. The molecule has 21 heavy (non-hydrogen) atoms. The van der Waals surface area contributed by atoms with E-state index < -0.39 is 0 Å². The van der Waals surface area contributed by atoms with E-state index in [1.165, 1.54) is 16.5 Å². The zero-order valence-electron chi connectivity index (χ0n) is 13.3. The van der Waals surface area contributed by atoms with Crippen LogP contribution in [0.25, 0.3) is 10.8 Å². The Balaban J connectivity index is 2.38. The van der Waals surface area contributed by atoms with Crippen LogP contribution in [0.3, 0.4) is 0 Å². The standard InChI is InChI=1S/C19H25NO/c1-4-13-19(3,15-21)14-20(5-2)18-12-8-10-16-9-6-7-11-17(16)18/h6-12,15H,4-5,13-14H2,1-3H3. The zero-order valence-corrected chi connectivity index (χ0v) is 13.3. The first-order valence-electron chi connectivity index (χ1n) is 7.82. The molecule has 0 N–H and O–H groups in total. The van der Waals surface area contributed by atoms with Crippen molar-refractivity contribution >= 4 is 22.7 Å². The first-order chi connectivity index (χ1) is 10.1. The highest BCUT2D eigenvalue weighted by Gasteiger charge is 2.26. The summed E-state index contributed by atoms with van der Waals surface area (Å²) in [5, 5.41) is 2.50. The van der Waals surface area contributed by atoms with Gasteiger partial charge in [0.15, 0.2) is 0 Å². The van der Waals surface area contributed by atoms with E-state index in [0.29, 0.717) is 0 Å². The zero-order chi connectivity index (χ0) is 15.3. The minimum Gasteiger partial charge on any atom is -0.370 e. The Morgan fingerprint density at radius 2 is 1.81 bits per heavy atom. The van der Waals surface area contributed by atoms with Gasteiger partial charge in [-0.15, -0.1) is 0 Å². The van der Waals surface area contributed by atoms with Gasteiger partial charge >= 0.3 is 0 Å². The van der Waals surface area contributed by atoms with E-state index in [4.69, 9.17) is 0 Å². The highest BCUT2D eigenvalue weighted by Crippen LogP contribution is 2.30. The highest BCUT2D eigenvalue weighted by molar-refractivity contribution is 5.94. The van der Waals surface area contributed by atoms with Crippen molar-refractivity contribution in [1.82, 2.24) is 0 Å². The second-order valence-electron chi connectivity index (χ2n) is 6.03. The van der Waals surface area contributed by atoms with E-state index in [9.17, 15) is 4.79 Å². The topological polar surface area (TPSA) is 20.3 Å². The number of benzene rings is 2. The molecule has 0 bridgehead atoms. The Bertz CT molecular complexity index is 602. The minimum absolute atomic E-state index is 0.276. The van der Waals surface area contributed by atoms with E-state index in [2.05, 4.69) is 68.1 Å². The van der Waals surface area contributed by atoms with E-state index in [1.54, 1.807) is 0 Å². The second kappa shape index (κ2) is 6.75. The van der Waals surface area contributed by atoms with Crippen LogP contribution in [0.2, 0.25) is 0 Å². The molecule has 0 saturated carbocycles. The van der Waals surface area contributed by atoms with Crippen molar-refractivity contribution in [1.29, 1.82) is 0 Å². The van der Waals surface area contributed by atoms with Crippen molar-refractivity contribution in [2.75, 3.05) is 18.0 Å². The quantitative estimate of drug-likeness (QED) is 0.688. The van der Waals surface area contributed by atoms with Crippen LogP contribution in [0.1, 0.15) is 33.6 Å². The van der Waals surface area contributed by atoms with Gasteiger partial charge in [0, 0.05) is 29.6 Å². The van der Waals surface area contributed by atoms with Crippen LogP contribution in [-0.4, -0.2) is 19.4 Å². The van der Waals surface area contributed by atoms with Gasteiger partial charge in [0.05, 0.1) is 0 Å². The van der Waals surface area contributed by atoms with Crippen LogP contribution >= 0.6 is 0 Å². The Hall–Kier alpha value is -1.83. The molecule has 0 saturated heterocycles. The molecular formula is C19H25NO. The van der Waals surface area contributed by atoms with E-state index in [0.717, 1.165) is 32.2 Å². The van der Waals surface area contributed by atoms with Gasteiger partial charge in [0.1, 0.15) is 6.29 Å². The summed E-state index contributed by atoms with van der Waals surface area (Å²) in [5.41, 5.74) is 0.946. The molecule has 112 valence electrons. The molecule has 0 radical (unpaired) electrons. The monoisotopic (exact) mass is 283 g/mol. The average Bonchev–Trinajstić information content (AvgIpc) is 2.52. The van der Waals surface area contributed by atoms with Gasteiger partial charge in [-0.1, -0.05) is 56.7 Å². The van der Waals surface area contributed by atoms with Crippen LogP contribution < -0.4 is 4.90 Å². The van der Waals surface area contributed by atoms with Crippen molar-refractivity contribution in [2.45, 2.75) is 33.6 Å². The summed E-state index contributed by atoms with van der Waals surface area (Å²) in [6.45, 7) is 8.03. The van der Waals surface area contributed by atoms with Gasteiger partial charge in [-0.05, 0) is 24.8 Å². The lowest BCUT2D eigenvalue weighted by molar-refractivity contribution is -0.115. The fourth-order valence-electron chi connectivity index (χ4n) is 3.03. The molecule has 0 fully saturated rings.